The summed E-state index contributed by atoms with van der Waals surface area (Å²) < 4.78 is 0. The van der Waals surface area contributed by atoms with E-state index in [1.807, 2.05) is 12.1 Å². The van der Waals surface area contributed by atoms with Crippen LogP contribution in [0.4, 0.5) is 11.4 Å². The fourth-order valence-electron chi connectivity index (χ4n) is 3.75. The zero-order valence-corrected chi connectivity index (χ0v) is 16.0. The molecule has 2 heterocycles. The molecule has 0 bridgehead atoms. The molecule has 1 fully saturated rings. The average Bonchev–Trinajstić information content (AvgIpc) is 3.27. The standard InChI is InChI=1S/C20H18Cl2N2O3/c21-14-7-8-15(22)18-17(14)20(27,19(26)23-18)11-16(25)12-3-5-13(6-4-12)24-9-1-2-10-24/h3-8,27H,1-2,9-11H2,(H,23,26). The topological polar surface area (TPSA) is 69.6 Å². The van der Waals surface area contributed by atoms with Gasteiger partial charge in [-0.3, -0.25) is 9.59 Å². The van der Waals surface area contributed by atoms with Crippen molar-refractivity contribution in [1.82, 2.24) is 0 Å². The smallest absolute Gasteiger partial charge is 0.261 e. The van der Waals surface area contributed by atoms with Crippen molar-refractivity contribution in [3.8, 4) is 0 Å². The number of amides is 1. The molecule has 0 spiro atoms. The number of hydrogen-bond acceptors (Lipinski definition) is 4. The van der Waals surface area contributed by atoms with Gasteiger partial charge in [0.05, 0.1) is 17.1 Å². The van der Waals surface area contributed by atoms with E-state index >= 15 is 0 Å². The number of fused-ring (bicyclic) bond motifs is 1. The van der Waals surface area contributed by atoms with E-state index in [1.165, 1.54) is 25.0 Å². The molecule has 140 valence electrons. The zero-order valence-electron chi connectivity index (χ0n) is 14.5. The molecular weight excluding hydrogens is 387 g/mol. The van der Waals surface area contributed by atoms with Gasteiger partial charge >= 0.3 is 0 Å². The minimum absolute atomic E-state index is 0.156. The van der Waals surface area contributed by atoms with Crippen molar-refractivity contribution >= 4 is 46.3 Å². The second-order valence-corrected chi connectivity index (χ2v) is 7.75. The molecule has 2 N–H and O–H groups in total. The molecule has 2 aromatic rings. The van der Waals surface area contributed by atoms with Crippen LogP contribution in [0.3, 0.4) is 0 Å². The first-order chi connectivity index (χ1) is 12.9. The van der Waals surface area contributed by atoms with Crippen LogP contribution >= 0.6 is 23.2 Å². The van der Waals surface area contributed by atoms with E-state index in [4.69, 9.17) is 23.2 Å². The Morgan fingerprint density at radius 3 is 2.37 bits per heavy atom. The highest BCUT2D eigenvalue weighted by Gasteiger charge is 2.49. The van der Waals surface area contributed by atoms with Gasteiger partial charge in [0.1, 0.15) is 0 Å². The molecule has 27 heavy (non-hydrogen) atoms. The van der Waals surface area contributed by atoms with E-state index in [-0.39, 0.29) is 27.1 Å². The Balaban J connectivity index is 1.60. The largest absolute Gasteiger partial charge is 0.375 e. The summed E-state index contributed by atoms with van der Waals surface area (Å²) in [5, 5.41) is 14.0. The van der Waals surface area contributed by atoms with Gasteiger partial charge in [0.25, 0.3) is 5.91 Å². The molecular formula is C20H18Cl2N2O3. The van der Waals surface area contributed by atoms with Crippen LogP contribution in [-0.2, 0) is 10.4 Å². The summed E-state index contributed by atoms with van der Waals surface area (Å²) in [4.78, 5) is 27.4. The first-order valence-corrected chi connectivity index (χ1v) is 9.56. The van der Waals surface area contributed by atoms with Gasteiger partial charge in [-0.15, -0.1) is 0 Å². The number of aliphatic hydroxyl groups is 1. The number of carbonyl (C=O) groups is 2. The Hall–Kier alpha value is -2.08. The molecule has 5 nitrogen and oxygen atoms in total. The second-order valence-electron chi connectivity index (χ2n) is 6.93. The van der Waals surface area contributed by atoms with Gasteiger partial charge in [-0.1, -0.05) is 23.2 Å². The van der Waals surface area contributed by atoms with Crippen LogP contribution in [0.2, 0.25) is 10.0 Å². The maximum Gasteiger partial charge on any atom is 0.261 e. The fraction of sp³-hybridized carbons (Fsp3) is 0.300. The van der Waals surface area contributed by atoms with E-state index in [0.29, 0.717) is 5.56 Å². The molecule has 0 saturated carbocycles. The Bertz CT molecular complexity index is 924. The zero-order chi connectivity index (χ0) is 19.2. The molecule has 4 rings (SSSR count). The van der Waals surface area contributed by atoms with Gasteiger partial charge in [-0.2, -0.15) is 0 Å². The number of rotatable bonds is 4. The highest BCUT2D eigenvalue weighted by molar-refractivity contribution is 6.38. The van der Waals surface area contributed by atoms with Crippen LogP contribution in [0.15, 0.2) is 36.4 Å². The first kappa shape index (κ1) is 18.3. The predicted molar refractivity (Wildman–Crippen MR) is 106 cm³/mol. The van der Waals surface area contributed by atoms with E-state index in [9.17, 15) is 14.7 Å². The molecule has 2 aliphatic rings. The number of ketones is 1. The maximum absolute atomic E-state index is 12.8. The first-order valence-electron chi connectivity index (χ1n) is 8.81. The van der Waals surface area contributed by atoms with Crippen molar-refractivity contribution < 1.29 is 14.7 Å². The maximum atomic E-state index is 12.8. The molecule has 0 radical (unpaired) electrons. The van der Waals surface area contributed by atoms with E-state index in [0.717, 1.165) is 18.8 Å². The Labute approximate surface area is 166 Å². The van der Waals surface area contributed by atoms with Crippen LogP contribution in [-0.4, -0.2) is 29.9 Å². The third-order valence-electron chi connectivity index (χ3n) is 5.21. The lowest BCUT2D eigenvalue weighted by molar-refractivity contribution is -0.133. The van der Waals surface area contributed by atoms with Crippen LogP contribution in [0.25, 0.3) is 0 Å². The van der Waals surface area contributed by atoms with E-state index < -0.39 is 17.9 Å². The second kappa shape index (κ2) is 6.82. The van der Waals surface area contributed by atoms with Crippen molar-refractivity contribution in [1.29, 1.82) is 0 Å². The lowest BCUT2D eigenvalue weighted by atomic mass is 9.88. The summed E-state index contributed by atoms with van der Waals surface area (Å²) in [6.45, 7) is 2.03. The lowest BCUT2D eigenvalue weighted by Gasteiger charge is -2.21. The quantitative estimate of drug-likeness (QED) is 0.755. The Morgan fingerprint density at radius 2 is 1.70 bits per heavy atom. The van der Waals surface area contributed by atoms with Crippen molar-refractivity contribution in [2.75, 3.05) is 23.3 Å². The fourth-order valence-corrected chi connectivity index (χ4v) is 4.26. The summed E-state index contributed by atoms with van der Waals surface area (Å²) in [5.74, 6) is -1.04. The molecule has 0 aromatic heterocycles. The molecule has 7 heteroatoms. The highest BCUT2D eigenvalue weighted by Crippen LogP contribution is 2.46. The van der Waals surface area contributed by atoms with Crippen molar-refractivity contribution in [2.45, 2.75) is 24.9 Å². The Morgan fingerprint density at radius 1 is 1.07 bits per heavy atom. The number of nitrogens with zero attached hydrogens (tertiary/aromatic N) is 1. The number of hydrogen-bond donors (Lipinski definition) is 2. The number of benzene rings is 2. The normalized spacial score (nSPS) is 21.3. The molecule has 1 unspecified atom stereocenters. The molecule has 1 amide bonds. The number of halogens is 2. The van der Waals surface area contributed by atoms with Gasteiger partial charge in [0, 0.05) is 34.9 Å². The number of nitrogens with one attached hydrogen (secondary N) is 1. The molecule has 1 atom stereocenters. The molecule has 0 aliphatic carbocycles. The minimum atomic E-state index is -2.04. The molecule has 2 aliphatic heterocycles. The van der Waals surface area contributed by atoms with Crippen molar-refractivity contribution in [3.05, 3.63) is 57.6 Å². The van der Waals surface area contributed by atoms with Gasteiger partial charge < -0.3 is 15.3 Å². The van der Waals surface area contributed by atoms with E-state index in [1.54, 1.807) is 12.1 Å². The van der Waals surface area contributed by atoms with Crippen LogP contribution in [0, 0.1) is 0 Å². The third-order valence-corrected chi connectivity index (χ3v) is 5.84. The SMILES string of the molecule is O=C(CC1(O)C(=O)Nc2c(Cl)ccc(Cl)c21)c1ccc(N2CCCC2)cc1. The molecule has 1 saturated heterocycles. The van der Waals surface area contributed by atoms with E-state index in [2.05, 4.69) is 10.2 Å². The van der Waals surface area contributed by atoms with Gasteiger partial charge in [0.2, 0.25) is 0 Å². The van der Waals surface area contributed by atoms with Gasteiger partial charge in [-0.25, -0.2) is 0 Å². The number of anilines is 2. The lowest BCUT2D eigenvalue weighted by Crippen LogP contribution is -2.36. The third kappa shape index (κ3) is 3.10. The predicted octanol–water partition coefficient (Wildman–Crippen LogP) is 4.01. The van der Waals surface area contributed by atoms with Gasteiger partial charge in [0.15, 0.2) is 11.4 Å². The summed E-state index contributed by atoms with van der Waals surface area (Å²) in [6, 6.07) is 10.3. The number of Topliss-reactive ketones (excluding diaryl/α,β-unsaturated/α-hetero) is 1. The van der Waals surface area contributed by atoms with Gasteiger partial charge in [-0.05, 0) is 49.2 Å². The average molecular weight is 405 g/mol. The minimum Gasteiger partial charge on any atom is -0.375 e. The van der Waals surface area contributed by atoms with Crippen molar-refractivity contribution in [2.24, 2.45) is 0 Å². The number of carbonyl (C=O) groups excluding carboxylic acids is 2. The highest BCUT2D eigenvalue weighted by atomic mass is 35.5. The molecule has 2 aromatic carbocycles. The summed E-state index contributed by atoms with van der Waals surface area (Å²) >= 11 is 12.3. The van der Waals surface area contributed by atoms with Crippen LogP contribution < -0.4 is 10.2 Å². The van der Waals surface area contributed by atoms with Crippen molar-refractivity contribution in [3.63, 3.8) is 0 Å². The Kier molecular flexibility index (Phi) is 4.62. The summed E-state index contributed by atoms with van der Waals surface area (Å²) in [7, 11) is 0. The summed E-state index contributed by atoms with van der Waals surface area (Å²) in [5.41, 5.74) is -0.118. The van der Waals surface area contributed by atoms with Crippen LogP contribution in [0.1, 0.15) is 35.2 Å². The van der Waals surface area contributed by atoms with Crippen LogP contribution in [0.5, 0.6) is 0 Å². The monoisotopic (exact) mass is 404 g/mol. The summed E-state index contributed by atoms with van der Waals surface area (Å²) in [6.07, 6.45) is 1.94.